The van der Waals surface area contributed by atoms with Gasteiger partial charge in [0.2, 0.25) is 5.91 Å². The van der Waals surface area contributed by atoms with E-state index >= 15 is 0 Å². The van der Waals surface area contributed by atoms with E-state index in [0.29, 0.717) is 5.02 Å². The number of halogens is 1. The molecule has 8 heteroatoms. The summed E-state index contributed by atoms with van der Waals surface area (Å²) >= 11 is 5.85. The zero-order valence-electron chi connectivity index (χ0n) is 11.3. The van der Waals surface area contributed by atoms with E-state index in [9.17, 15) is 14.4 Å². The number of benzene rings is 1. The average molecular weight is 314 g/mol. The van der Waals surface area contributed by atoms with Gasteiger partial charge in [-0.1, -0.05) is 23.7 Å². The molecule has 3 amide bonds. The molecule has 1 rings (SSSR count). The Hall–Kier alpha value is -2.28. The minimum atomic E-state index is -1.37. The van der Waals surface area contributed by atoms with Crippen LogP contribution in [0.4, 0.5) is 4.79 Å². The topological polar surface area (TPSA) is 122 Å². The van der Waals surface area contributed by atoms with Crippen LogP contribution in [0.3, 0.4) is 0 Å². The third-order valence-corrected chi connectivity index (χ3v) is 2.94. The van der Waals surface area contributed by atoms with Crippen molar-refractivity contribution in [3.63, 3.8) is 0 Å². The first-order chi connectivity index (χ1) is 9.79. The lowest BCUT2D eigenvalue weighted by molar-refractivity contribution is -0.140. The Kier molecular flexibility index (Phi) is 5.98. The summed E-state index contributed by atoms with van der Waals surface area (Å²) in [5, 5.41) is 14.2. The number of nitrogens with one attached hydrogen (secondary N) is 2. The molecule has 114 valence electrons. The van der Waals surface area contributed by atoms with E-state index in [1.165, 1.54) is 0 Å². The van der Waals surface area contributed by atoms with Crippen LogP contribution in [0.2, 0.25) is 5.02 Å². The van der Waals surface area contributed by atoms with Gasteiger partial charge < -0.3 is 21.5 Å². The number of urea groups is 1. The minimum Gasteiger partial charge on any atom is -0.480 e. The predicted octanol–water partition coefficient (Wildman–Crippen LogP) is 1.03. The molecule has 0 radical (unpaired) electrons. The standard InChI is InChI=1S/C13H16ClN3O4/c1-7(8-3-2-4-9(14)5-8)16-13(21)17-10(12(19)20)6-11(15)18/h2-5,7,10H,6H2,1H3,(H2,15,18)(H,19,20)(H2,16,17,21)/t7?,10-/m0/s1. The molecule has 0 aliphatic heterocycles. The predicted molar refractivity (Wildman–Crippen MR) is 76.8 cm³/mol. The number of aliphatic carboxylic acids is 1. The monoisotopic (exact) mass is 313 g/mol. The molecule has 0 aliphatic rings. The molecular weight excluding hydrogens is 298 g/mol. The van der Waals surface area contributed by atoms with E-state index in [0.717, 1.165) is 5.56 Å². The average Bonchev–Trinajstić information content (AvgIpc) is 2.37. The summed E-state index contributed by atoms with van der Waals surface area (Å²) in [6.45, 7) is 1.72. The molecule has 1 aromatic carbocycles. The van der Waals surface area contributed by atoms with Gasteiger partial charge in [-0.05, 0) is 24.6 Å². The second-order valence-corrected chi connectivity index (χ2v) is 4.89. The number of nitrogens with two attached hydrogens (primary N) is 1. The fraction of sp³-hybridized carbons (Fsp3) is 0.308. The summed E-state index contributed by atoms with van der Waals surface area (Å²) in [6, 6.07) is 4.43. The summed E-state index contributed by atoms with van der Waals surface area (Å²) in [5.74, 6) is -2.15. The van der Waals surface area contributed by atoms with Gasteiger partial charge >= 0.3 is 12.0 Å². The van der Waals surface area contributed by atoms with Crippen molar-refractivity contribution in [2.75, 3.05) is 0 Å². The van der Waals surface area contributed by atoms with Gasteiger partial charge in [0, 0.05) is 5.02 Å². The first-order valence-electron chi connectivity index (χ1n) is 6.13. The Morgan fingerprint density at radius 2 is 2.00 bits per heavy atom. The van der Waals surface area contributed by atoms with Crippen molar-refractivity contribution in [3.8, 4) is 0 Å². The number of hydrogen-bond donors (Lipinski definition) is 4. The fourth-order valence-corrected chi connectivity index (χ4v) is 1.86. The molecule has 0 aliphatic carbocycles. The molecule has 0 spiro atoms. The van der Waals surface area contributed by atoms with E-state index in [1.807, 2.05) is 0 Å². The number of carboxylic acids is 1. The number of amides is 3. The Bertz CT molecular complexity index is 550. The van der Waals surface area contributed by atoms with Gasteiger partial charge in [-0.3, -0.25) is 4.79 Å². The van der Waals surface area contributed by atoms with Crippen molar-refractivity contribution in [1.29, 1.82) is 0 Å². The van der Waals surface area contributed by atoms with Gasteiger partial charge in [-0.15, -0.1) is 0 Å². The third-order valence-electron chi connectivity index (χ3n) is 2.71. The number of rotatable bonds is 6. The molecule has 7 nitrogen and oxygen atoms in total. The van der Waals surface area contributed by atoms with Crippen LogP contribution in [-0.2, 0) is 9.59 Å². The van der Waals surface area contributed by atoms with Gasteiger partial charge in [0.1, 0.15) is 6.04 Å². The molecule has 5 N–H and O–H groups in total. The number of hydrogen-bond acceptors (Lipinski definition) is 3. The zero-order valence-corrected chi connectivity index (χ0v) is 12.1. The highest BCUT2D eigenvalue weighted by Gasteiger charge is 2.22. The molecule has 0 aromatic heterocycles. The van der Waals surface area contributed by atoms with Crippen LogP contribution in [-0.4, -0.2) is 29.1 Å². The maximum absolute atomic E-state index is 11.7. The van der Waals surface area contributed by atoms with Crippen molar-refractivity contribution >= 4 is 29.5 Å². The summed E-state index contributed by atoms with van der Waals surface area (Å²) in [6.07, 6.45) is -0.478. The van der Waals surface area contributed by atoms with Crippen LogP contribution in [0.5, 0.6) is 0 Å². The van der Waals surface area contributed by atoms with Gasteiger partial charge in [0.15, 0.2) is 0 Å². The number of carbonyl (C=O) groups is 3. The molecule has 1 unspecified atom stereocenters. The number of primary amides is 1. The second-order valence-electron chi connectivity index (χ2n) is 4.46. The highest BCUT2D eigenvalue weighted by atomic mass is 35.5. The van der Waals surface area contributed by atoms with Crippen LogP contribution in [0, 0.1) is 0 Å². The quantitative estimate of drug-likeness (QED) is 0.626. The normalized spacial score (nSPS) is 13.0. The Morgan fingerprint density at radius 1 is 1.33 bits per heavy atom. The van der Waals surface area contributed by atoms with Crippen molar-refractivity contribution < 1.29 is 19.5 Å². The Balaban J connectivity index is 2.63. The molecule has 0 saturated heterocycles. The maximum atomic E-state index is 11.7. The molecule has 0 heterocycles. The largest absolute Gasteiger partial charge is 0.480 e. The molecule has 0 bridgehead atoms. The van der Waals surface area contributed by atoms with Gasteiger partial charge in [0.05, 0.1) is 12.5 Å². The highest BCUT2D eigenvalue weighted by molar-refractivity contribution is 6.30. The van der Waals surface area contributed by atoms with Gasteiger partial charge in [-0.2, -0.15) is 0 Å². The lowest BCUT2D eigenvalue weighted by Gasteiger charge is -2.18. The van der Waals surface area contributed by atoms with Crippen LogP contribution < -0.4 is 16.4 Å². The smallest absolute Gasteiger partial charge is 0.326 e. The van der Waals surface area contributed by atoms with Crippen molar-refractivity contribution in [1.82, 2.24) is 10.6 Å². The summed E-state index contributed by atoms with van der Waals surface area (Å²) < 4.78 is 0. The lowest BCUT2D eigenvalue weighted by Crippen LogP contribution is -2.48. The number of carboxylic acid groups (broad SMARTS) is 1. The molecule has 0 fully saturated rings. The Labute approximate surface area is 126 Å². The number of carbonyl (C=O) groups excluding carboxylic acids is 2. The van der Waals surface area contributed by atoms with E-state index in [2.05, 4.69) is 10.6 Å². The van der Waals surface area contributed by atoms with Crippen molar-refractivity contribution in [2.24, 2.45) is 5.73 Å². The fourth-order valence-electron chi connectivity index (χ4n) is 1.66. The van der Waals surface area contributed by atoms with Crippen molar-refractivity contribution in [3.05, 3.63) is 34.9 Å². The lowest BCUT2D eigenvalue weighted by atomic mass is 10.1. The Morgan fingerprint density at radius 3 is 2.52 bits per heavy atom. The van der Waals surface area contributed by atoms with Crippen LogP contribution in [0.25, 0.3) is 0 Å². The first-order valence-corrected chi connectivity index (χ1v) is 6.51. The van der Waals surface area contributed by atoms with E-state index in [-0.39, 0.29) is 6.04 Å². The zero-order chi connectivity index (χ0) is 16.0. The second kappa shape index (κ2) is 7.49. The summed E-state index contributed by atoms with van der Waals surface area (Å²) in [5.41, 5.74) is 5.69. The van der Waals surface area contributed by atoms with Crippen molar-refractivity contribution in [2.45, 2.75) is 25.4 Å². The van der Waals surface area contributed by atoms with Gasteiger partial charge in [-0.25, -0.2) is 9.59 Å². The SMILES string of the molecule is CC(NC(=O)N[C@@H](CC(N)=O)C(=O)O)c1cccc(Cl)c1. The molecule has 21 heavy (non-hydrogen) atoms. The highest BCUT2D eigenvalue weighted by Crippen LogP contribution is 2.17. The molecule has 0 saturated carbocycles. The maximum Gasteiger partial charge on any atom is 0.326 e. The van der Waals surface area contributed by atoms with E-state index in [4.69, 9.17) is 22.4 Å². The summed E-state index contributed by atoms with van der Waals surface area (Å²) in [7, 11) is 0. The van der Waals surface area contributed by atoms with Gasteiger partial charge in [0.25, 0.3) is 0 Å². The molecule has 1 aromatic rings. The van der Waals surface area contributed by atoms with Crippen LogP contribution in [0.1, 0.15) is 24.9 Å². The molecular formula is C13H16ClN3O4. The first kappa shape index (κ1) is 16.8. The minimum absolute atomic E-state index is 0.383. The van der Waals surface area contributed by atoms with E-state index in [1.54, 1.807) is 31.2 Å². The summed E-state index contributed by atoms with van der Waals surface area (Å²) in [4.78, 5) is 33.4. The van der Waals surface area contributed by atoms with Crippen LogP contribution in [0.15, 0.2) is 24.3 Å². The third kappa shape index (κ3) is 5.70. The molecule has 2 atom stereocenters. The van der Waals surface area contributed by atoms with Crippen LogP contribution >= 0.6 is 11.6 Å². The van der Waals surface area contributed by atoms with E-state index < -0.39 is 30.4 Å².